The Morgan fingerprint density at radius 1 is 1.00 bits per heavy atom. The molecule has 48 heavy (non-hydrogen) atoms. The van der Waals surface area contributed by atoms with Crippen molar-refractivity contribution in [3.63, 3.8) is 0 Å². The Bertz CT molecular complexity index is 1780. The van der Waals surface area contributed by atoms with Crippen LogP contribution < -0.4 is 21.1 Å². The van der Waals surface area contributed by atoms with Crippen molar-refractivity contribution in [3.05, 3.63) is 86.2 Å². The molecule has 4 saturated heterocycles. The van der Waals surface area contributed by atoms with Crippen molar-refractivity contribution >= 4 is 45.0 Å². The van der Waals surface area contributed by atoms with Gasteiger partial charge < -0.3 is 20.0 Å². The molecule has 1 aromatic heterocycles. The maximum atomic E-state index is 13.5. The molecule has 5 heterocycles. The van der Waals surface area contributed by atoms with E-state index in [4.69, 9.17) is 0 Å². The molecule has 252 valence electrons. The number of hydrogen-bond acceptors (Lipinski definition) is 8. The molecule has 11 nitrogen and oxygen atoms in total. The van der Waals surface area contributed by atoms with Gasteiger partial charge in [-0.3, -0.25) is 24.5 Å². The zero-order valence-corrected chi connectivity index (χ0v) is 29.0. The van der Waals surface area contributed by atoms with Crippen LogP contribution in [0.15, 0.2) is 64.0 Å². The highest BCUT2D eigenvalue weighted by Gasteiger charge is 2.45. The molecule has 2 aromatic carbocycles. The fourth-order valence-corrected chi connectivity index (χ4v) is 8.45. The summed E-state index contributed by atoms with van der Waals surface area (Å²) < 4.78 is 1.80. The number of nitrogens with zero attached hydrogens (tertiary/aromatic N) is 5. The summed E-state index contributed by atoms with van der Waals surface area (Å²) in [5, 5.41) is 10.1. The molecule has 0 radical (unpaired) electrons. The SMILES string of the molecule is CN1C[C@@H](Nc2cnn(C)c(=O)c2Br)C[C@@H](c2ccc(C(=O)N3CCC4(CC3)CN(c3cccc(C5CCC(=O)NC5=O)c3)C4)cc2)C1. The van der Waals surface area contributed by atoms with E-state index >= 15 is 0 Å². The van der Waals surface area contributed by atoms with Crippen LogP contribution in [-0.2, 0) is 16.6 Å². The summed E-state index contributed by atoms with van der Waals surface area (Å²) >= 11 is 3.42. The summed E-state index contributed by atoms with van der Waals surface area (Å²) in [6.07, 6.45) is 5.47. The zero-order chi connectivity index (χ0) is 33.6. The number of amides is 3. The van der Waals surface area contributed by atoms with Crippen LogP contribution >= 0.6 is 15.9 Å². The smallest absolute Gasteiger partial charge is 0.282 e. The quantitative estimate of drug-likeness (QED) is 0.371. The molecule has 4 aliphatic heterocycles. The van der Waals surface area contributed by atoms with Gasteiger partial charge in [0.15, 0.2) is 0 Å². The largest absolute Gasteiger partial charge is 0.379 e. The standard InChI is InChI=1S/C36H42BrN7O4/c1-41-19-26(16-27(20-41)39-30-18-38-42(2)35(48)32(30)37)23-6-8-24(9-7-23)34(47)43-14-12-36(13-15-43)21-44(22-36)28-5-3-4-25(17-28)29-10-11-31(45)40-33(29)46/h3-9,17-18,26-27,29,39H,10-16,19-22H2,1-2H3,(H,40,45,46)/t26-,27+,29?/m1/s1. The fourth-order valence-electron chi connectivity index (χ4n) is 7.97. The van der Waals surface area contributed by atoms with Gasteiger partial charge in [0.2, 0.25) is 11.8 Å². The third-order valence-corrected chi connectivity index (χ3v) is 11.5. The van der Waals surface area contributed by atoms with Gasteiger partial charge in [0.25, 0.3) is 11.5 Å². The summed E-state index contributed by atoms with van der Waals surface area (Å²) in [6, 6.07) is 16.5. The van der Waals surface area contributed by atoms with Gasteiger partial charge in [-0.25, -0.2) is 4.68 Å². The first-order valence-corrected chi connectivity index (χ1v) is 17.6. The first kappa shape index (κ1) is 32.5. The number of nitrogens with one attached hydrogen (secondary N) is 2. The normalized spacial score (nSPS) is 24.3. The van der Waals surface area contributed by atoms with Gasteiger partial charge >= 0.3 is 0 Å². The van der Waals surface area contributed by atoms with E-state index in [0.717, 1.165) is 75.3 Å². The van der Waals surface area contributed by atoms with Crippen molar-refractivity contribution in [3.8, 4) is 0 Å². The Kier molecular flexibility index (Phi) is 8.88. The average Bonchev–Trinajstić information content (AvgIpc) is 3.07. The minimum atomic E-state index is -0.280. The van der Waals surface area contributed by atoms with Gasteiger partial charge in [-0.2, -0.15) is 5.10 Å². The molecule has 4 fully saturated rings. The van der Waals surface area contributed by atoms with Gasteiger partial charge in [-0.05, 0) is 90.0 Å². The lowest BCUT2D eigenvalue weighted by atomic mass is 9.71. The Balaban J connectivity index is 0.922. The van der Waals surface area contributed by atoms with Crippen LogP contribution in [0.5, 0.6) is 0 Å². The highest BCUT2D eigenvalue weighted by atomic mass is 79.9. The van der Waals surface area contributed by atoms with Crippen molar-refractivity contribution in [1.82, 2.24) is 24.9 Å². The van der Waals surface area contributed by atoms with Crippen molar-refractivity contribution < 1.29 is 14.4 Å². The number of likely N-dealkylation sites (tertiary alicyclic amines) is 2. The summed E-state index contributed by atoms with van der Waals surface area (Å²) in [7, 11) is 3.74. The first-order chi connectivity index (χ1) is 23.1. The number of piperidine rings is 3. The molecule has 1 unspecified atom stereocenters. The third-order valence-electron chi connectivity index (χ3n) is 10.7. The van der Waals surface area contributed by atoms with E-state index in [9.17, 15) is 19.2 Å². The van der Waals surface area contributed by atoms with Crippen molar-refractivity contribution in [1.29, 1.82) is 0 Å². The van der Waals surface area contributed by atoms with Crippen LogP contribution in [0.1, 0.15) is 65.4 Å². The molecule has 0 aliphatic carbocycles. The summed E-state index contributed by atoms with van der Waals surface area (Å²) in [4.78, 5) is 56.5. The molecule has 3 aromatic rings. The number of benzene rings is 2. The number of rotatable bonds is 6. The Labute approximate surface area is 288 Å². The number of carbonyl (C=O) groups is 3. The molecule has 0 bridgehead atoms. The molecular formula is C36H42BrN7O4. The second-order valence-corrected chi connectivity index (χ2v) is 15.0. The predicted octanol–water partition coefficient (Wildman–Crippen LogP) is 3.71. The van der Waals surface area contributed by atoms with Crippen LogP contribution in [0.25, 0.3) is 0 Å². The third kappa shape index (κ3) is 6.52. The van der Waals surface area contributed by atoms with Gasteiger partial charge in [-0.15, -0.1) is 0 Å². The van der Waals surface area contributed by atoms with Crippen LogP contribution in [0, 0.1) is 5.41 Å². The number of aryl methyl sites for hydroxylation is 1. The van der Waals surface area contributed by atoms with Crippen LogP contribution in [-0.4, -0.2) is 89.7 Å². The molecular weight excluding hydrogens is 674 g/mol. The molecule has 3 atom stereocenters. The van der Waals surface area contributed by atoms with Gasteiger partial charge in [0, 0.05) is 75.4 Å². The van der Waals surface area contributed by atoms with E-state index < -0.39 is 0 Å². The molecule has 4 aliphatic rings. The van der Waals surface area contributed by atoms with Gasteiger partial charge in [-0.1, -0.05) is 24.3 Å². The zero-order valence-electron chi connectivity index (χ0n) is 27.5. The number of imide groups is 1. The van der Waals surface area contributed by atoms with Gasteiger partial charge in [0.1, 0.15) is 4.47 Å². The van der Waals surface area contributed by atoms with Gasteiger partial charge in [0.05, 0.1) is 17.8 Å². The molecule has 0 saturated carbocycles. The van der Waals surface area contributed by atoms with Crippen LogP contribution in [0.2, 0.25) is 0 Å². The lowest BCUT2D eigenvalue weighted by Gasteiger charge is -2.55. The molecule has 1 spiro atoms. The van der Waals surface area contributed by atoms with E-state index in [1.807, 2.05) is 29.2 Å². The lowest BCUT2D eigenvalue weighted by molar-refractivity contribution is -0.134. The lowest BCUT2D eigenvalue weighted by Crippen LogP contribution is -2.61. The average molecular weight is 717 g/mol. The number of likely N-dealkylation sites (N-methyl/N-ethyl adjacent to an activating group) is 1. The first-order valence-electron chi connectivity index (χ1n) is 16.8. The fraction of sp³-hybridized carbons (Fsp3) is 0.472. The highest BCUT2D eigenvalue weighted by molar-refractivity contribution is 9.10. The maximum Gasteiger partial charge on any atom is 0.282 e. The van der Waals surface area contributed by atoms with E-state index in [-0.39, 0.29) is 40.7 Å². The predicted molar refractivity (Wildman–Crippen MR) is 187 cm³/mol. The molecule has 3 amide bonds. The monoisotopic (exact) mass is 715 g/mol. The number of carbonyl (C=O) groups excluding carboxylic acids is 3. The second kappa shape index (κ2) is 13.1. The number of anilines is 2. The van der Waals surface area contributed by atoms with Crippen molar-refractivity contribution in [2.24, 2.45) is 12.5 Å². The molecule has 2 N–H and O–H groups in total. The Morgan fingerprint density at radius 2 is 1.75 bits per heavy atom. The summed E-state index contributed by atoms with van der Waals surface area (Å²) in [6.45, 7) is 5.17. The Morgan fingerprint density at radius 3 is 2.48 bits per heavy atom. The van der Waals surface area contributed by atoms with Crippen LogP contribution in [0.3, 0.4) is 0 Å². The minimum absolute atomic E-state index is 0.0906. The minimum Gasteiger partial charge on any atom is -0.379 e. The van der Waals surface area contributed by atoms with E-state index in [2.05, 4.69) is 72.8 Å². The van der Waals surface area contributed by atoms with E-state index in [1.165, 1.54) is 10.2 Å². The number of halogens is 1. The van der Waals surface area contributed by atoms with Crippen LogP contribution in [0.4, 0.5) is 11.4 Å². The van der Waals surface area contributed by atoms with E-state index in [1.54, 1.807) is 13.2 Å². The molecule has 7 rings (SSSR count). The number of aromatic nitrogens is 2. The maximum absolute atomic E-state index is 13.5. The van der Waals surface area contributed by atoms with Crippen molar-refractivity contribution in [2.75, 3.05) is 56.5 Å². The topological polar surface area (TPSA) is 120 Å². The van der Waals surface area contributed by atoms with E-state index in [0.29, 0.717) is 28.9 Å². The summed E-state index contributed by atoms with van der Waals surface area (Å²) in [5.41, 5.74) is 4.75. The molecule has 12 heteroatoms. The highest BCUT2D eigenvalue weighted by Crippen LogP contribution is 2.43. The van der Waals surface area contributed by atoms with Crippen molar-refractivity contribution in [2.45, 2.75) is 50.0 Å². The second-order valence-electron chi connectivity index (χ2n) is 14.2. The Hall–Kier alpha value is -4.03. The summed E-state index contributed by atoms with van der Waals surface area (Å²) in [5.74, 6) is -0.293. The number of hydrogen-bond donors (Lipinski definition) is 2.